The average molecular weight is 389 g/mol. The van der Waals surface area contributed by atoms with Gasteiger partial charge < -0.3 is 18.9 Å². The normalized spacial score (nSPS) is 20.5. The van der Waals surface area contributed by atoms with Crippen LogP contribution in [0.1, 0.15) is 17.0 Å². The van der Waals surface area contributed by atoms with E-state index < -0.39 is 6.10 Å². The van der Waals surface area contributed by atoms with E-state index in [0.717, 1.165) is 22.7 Å². The molecule has 2 aliphatic rings. The van der Waals surface area contributed by atoms with Gasteiger partial charge in [0, 0.05) is 31.1 Å². The van der Waals surface area contributed by atoms with E-state index in [1.807, 2.05) is 59.6 Å². The molecule has 0 N–H and O–H groups in total. The second-order valence-corrected chi connectivity index (χ2v) is 7.54. The lowest BCUT2D eigenvalue weighted by Crippen LogP contribution is -2.44. The number of hydrogen-bond acceptors (Lipinski definition) is 4. The highest BCUT2D eigenvalue weighted by molar-refractivity contribution is 5.82. The van der Waals surface area contributed by atoms with Gasteiger partial charge in [-0.3, -0.25) is 9.78 Å². The second-order valence-electron chi connectivity index (χ2n) is 7.54. The summed E-state index contributed by atoms with van der Waals surface area (Å²) in [7, 11) is 0. The molecule has 6 nitrogen and oxygen atoms in total. The number of hydrogen-bond donors (Lipinski definition) is 0. The summed E-state index contributed by atoms with van der Waals surface area (Å²) in [4.78, 5) is 19.5. The van der Waals surface area contributed by atoms with Crippen LogP contribution in [0.2, 0.25) is 0 Å². The summed E-state index contributed by atoms with van der Waals surface area (Å²) in [5, 5.41) is 0. The predicted octanol–water partition coefficient (Wildman–Crippen LogP) is 2.81. The number of carbonyl (C=O) groups excluding carboxylic acids is 1. The van der Waals surface area contributed by atoms with Crippen LogP contribution in [0.5, 0.6) is 5.75 Å². The van der Waals surface area contributed by atoms with Crippen LogP contribution in [-0.2, 0) is 35.6 Å². The molecule has 0 saturated heterocycles. The van der Waals surface area contributed by atoms with Crippen molar-refractivity contribution >= 4 is 5.91 Å². The standard InChI is InChI=1S/C23H23N3O3/c27-23(22-12-17-6-1-2-9-21(17)29-22)26-13-19-8-5-11-25(19)14-20(15-26)28-16-18-7-3-4-10-24-18/h1-11,20,22H,12-16H2. The van der Waals surface area contributed by atoms with Gasteiger partial charge in [-0.1, -0.05) is 24.3 Å². The number of pyridine rings is 1. The molecule has 3 aromatic rings. The van der Waals surface area contributed by atoms with Gasteiger partial charge in [0.15, 0.2) is 6.10 Å². The molecule has 0 radical (unpaired) electrons. The maximum absolute atomic E-state index is 13.3. The van der Waals surface area contributed by atoms with Crippen molar-refractivity contribution in [1.82, 2.24) is 14.5 Å². The molecule has 5 rings (SSSR count). The summed E-state index contributed by atoms with van der Waals surface area (Å²) in [6.07, 6.45) is 3.85. The van der Waals surface area contributed by atoms with Gasteiger partial charge in [0.1, 0.15) is 5.75 Å². The summed E-state index contributed by atoms with van der Waals surface area (Å²) in [5.74, 6) is 0.828. The SMILES string of the molecule is O=C(C1Cc2ccccc2O1)N1Cc2cccn2CC(OCc2ccccn2)C1. The van der Waals surface area contributed by atoms with Crippen molar-refractivity contribution in [3.8, 4) is 5.75 Å². The van der Waals surface area contributed by atoms with Gasteiger partial charge in [0.2, 0.25) is 0 Å². The van der Waals surface area contributed by atoms with Gasteiger partial charge in [-0.05, 0) is 35.9 Å². The number of para-hydroxylation sites is 1. The molecule has 2 aromatic heterocycles. The molecule has 0 spiro atoms. The Labute approximate surface area is 169 Å². The molecule has 0 fully saturated rings. The fourth-order valence-electron chi connectivity index (χ4n) is 4.04. The van der Waals surface area contributed by atoms with Gasteiger partial charge in [-0.25, -0.2) is 0 Å². The highest BCUT2D eigenvalue weighted by atomic mass is 16.5. The first-order valence-corrected chi connectivity index (χ1v) is 9.95. The Kier molecular flexibility index (Phi) is 4.77. The first kappa shape index (κ1) is 17.9. The van der Waals surface area contributed by atoms with Crippen LogP contribution in [0.15, 0.2) is 67.0 Å². The van der Waals surface area contributed by atoms with Crippen molar-refractivity contribution < 1.29 is 14.3 Å². The van der Waals surface area contributed by atoms with Crippen molar-refractivity contribution in [1.29, 1.82) is 0 Å². The summed E-state index contributed by atoms with van der Waals surface area (Å²) in [6, 6.07) is 17.7. The maximum Gasteiger partial charge on any atom is 0.264 e. The van der Waals surface area contributed by atoms with E-state index in [0.29, 0.717) is 32.7 Å². The molecular weight excluding hydrogens is 366 g/mol. The number of benzene rings is 1. The van der Waals surface area contributed by atoms with E-state index in [1.165, 1.54) is 0 Å². The van der Waals surface area contributed by atoms with Gasteiger partial charge >= 0.3 is 0 Å². The summed E-state index contributed by atoms with van der Waals surface area (Å²) in [6.45, 7) is 2.23. The molecule has 1 amide bonds. The first-order chi connectivity index (χ1) is 14.3. The van der Waals surface area contributed by atoms with E-state index in [1.54, 1.807) is 6.20 Å². The third-order valence-electron chi connectivity index (χ3n) is 5.53. The van der Waals surface area contributed by atoms with Crippen molar-refractivity contribution in [3.05, 3.63) is 83.9 Å². The van der Waals surface area contributed by atoms with Gasteiger partial charge in [0.25, 0.3) is 5.91 Å². The Balaban J connectivity index is 1.32. The molecule has 0 bridgehead atoms. The van der Waals surface area contributed by atoms with Gasteiger partial charge in [0.05, 0.1) is 31.5 Å². The summed E-state index contributed by atoms with van der Waals surface area (Å²) < 4.78 is 14.3. The summed E-state index contributed by atoms with van der Waals surface area (Å²) in [5.41, 5.74) is 3.08. The minimum Gasteiger partial charge on any atom is -0.480 e. The number of amides is 1. The van der Waals surface area contributed by atoms with Crippen molar-refractivity contribution in [3.63, 3.8) is 0 Å². The molecule has 0 saturated carbocycles. The number of rotatable bonds is 4. The molecule has 2 unspecified atom stereocenters. The smallest absolute Gasteiger partial charge is 0.264 e. The lowest BCUT2D eigenvalue weighted by molar-refractivity contribution is -0.140. The molecule has 6 heteroatoms. The minimum absolute atomic E-state index is 0.0160. The quantitative estimate of drug-likeness (QED) is 0.689. The molecule has 148 valence electrons. The Morgan fingerprint density at radius 3 is 2.86 bits per heavy atom. The van der Waals surface area contributed by atoms with E-state index >= 15 is 0 Å². The molecule has 1 aromatic carbocycles. The van der Waals surface area contributed by atoms with Crippen molar-refractivity contribution in [2.24, 2.45) is 0 Å². The van der Waals surface area contributed by atoms with Crippen LogP contribution in [-0.4, -0.2) is 39.1 Å². The van der Waals surface area contributed by atoms with Crippen LogP contribution in [0.25, 0.3) is 0 Å². The Morgan fingerprint density at radius 2 is 2.00 bits per heavy atom. The Hall–Kier alpha value is -3.12. The van der Waals surface area contributed by atoms with Crippen molar-refractivity contribution in [2.75, 3.05) is 6.54 Å². The maximum atomic E-state index is 13.3. The lowest BCUT2D eigenvalue weighted by atomic mass is 10.1. The number of nitrogens with zero attached hydrogens (tertiary/aromatic N) is 3. The average Bonchev–Trinajstić information content (AvgIpc) is 3.34. The first-order valence-electron chi connectivity index (χ1n) is 9.95. The molecule has 0 aliphatic carbocycles. The van der Waals surface area contributed by atoms with Crippen molar-refractivity contribution in [2.45, 2.75) is 38.3 Å². The van der Waals surface area contributed by atoms with E-state index in [9.17, 15) is 4.79 Å². The zero-order valence-electron chi connectivity index (χ0n) is 16.1. The number of ether oxygens (including phenoxy) is 2. The number of carbonyl (C=O) groups is 1. The monoisotopic (exact) mass is 389 g/mol. The summed E-state index contributed by atoms with van der Waals surface area (Å²) >= 11 is 0. The van der Waals surface area contributed by atoms with Crippen LogP contribution < -0.4 is 4.74 Å². The zero-order chi connectivity index (χ0) is 19.6. The van der Waals surface area contributed by atoms with E-state index in [-0.39, 0.29) is 12.0 Å². The number of aromatic nitrogens is 2. The topological polar surface area (TPSA) is 56.6 Å². The van der Waals surface area contributed by atoms with Crippen LogP contribution in [0.4, 0.5) is 0 Å². The fraction of sp³-hybridized carbons (Fsp3) is 0.304. The fourth-order valence-corrected chi connectivity index (χ4v) is 4.04. The largest absolute Gasteiger partial charge is 0.480 e. The molecule has 4 heterocycles. The van der Waals surface area contributed by atoms with E-state index in [2.05, 4.69) is 15.6 Å². The van der Waals surface area contributed by atoms with Crippen LogP contribution >= 0.6 is 0 Å². The third kappa shape index (κ3) is 3.76. The predicted molar refractivity (Wildman–Crippen MR) is 107 cm³/mol. The Bertz CT molecular complexity index is 976. The lowest BCUT2D eigenvalue weighted by Gasteiger charge is -2.26. The van der Waals surface area contributed by atoms with Gasteiger partial charge in [-0.15, -0.1) is 0 Å². The molecule has 2 atom stereocenters. The number of fused-ring (bicyclic) bond motifs is 2. The van der Waals surface area contributed by atoms with E-state index in [4.69, 9.17) is 9.47 Å². The van der Waals surface area contributed by atoms with Gasteiger partial charge in [-0.2, -0.15) is 0 Å². The van der Waals surface area contributed by atoms with Crippen LogP contribution in [0, 0.1) is 0 Å². The second kappa shape index (κ2) is 7.72. The van der Waals surface area contributed by atoms with Crippen LogP contribution in [0.3, 0.4) is 0 Å². The highest BCUT2D eigenvalue weighted by Gasteiger charge is 2.35. The highest BCUT2D eigenvalue weighted by Crippen LogP contribution is 2.29. The zero-order valence-corrected chi connectivity index (χ0v) is 16.1. The minimum atomic E-state index is -0.467. The third-order valence-corrected chi connectivity index (χ3v) is 5.53. The molecule has 2 aliphatic heterocycles. The Morgan fingerprint density at radius 1 is 1.10 bits per heavy atom. The molecular formula is C23H23N3O3. The molecule has 29 heavy (non-hydrogen) atoms.